The summed E-state index contributed by atoms with van der Waals surface area (Å²) in [7, 11) is 0. The molecule has 0 aliphatic carbocycles. The predicted octanol–water partition coefficient (Wildman–Crippen LogP) is 0.0499. The molecule has 1 aromatic heterocycles. The van der Waals surface area contributed by atoms with Crippen LogP contribution in [0.2, 0.25) is 0 Å². The number of phenolic OH excluding ortho intramolecular Hbond substituents is 2. The van der Waals surface area contributed by atoms with Gasteiger partial charge in [-0.15, -0.1) is 0 Å². The molecular formula is C21H20O10. The van der Waals surface area contributed by atoms with E-state index in [-0.39, 0.29) is 28.2 Å². The molecule has 4 rings (SSSR count). The molecule has 2 aromatic carbocycles. The van der Waals surface area contributed by atoms with E-state index in [2.05, 4.69) is 0 Å². The Morgan fingerprint density at radius 2 is 1.65 bits per heavy atom. The van der Waals surface area contributed by atoms with E-state index < -0.39 is 48.5 Å². The molecule has 0 radical (unpaired) electrons. The Hall–Kier alpha value is -3.15. The van der Waals surface area contributed by atoms with Crippen LogP contribution in [0.3, 0.4) is 0 Å². The average Bonchev–Trinajstić information content (AvgIpc) is 2.74. The average molecular weight is 432 g/mol. The molecule has 1 saturated heterocycles. The molecule has 31 heavy (non-hydrogen) atoms. The normalized spacial score (nSPS) is 26.1. The number of hydrogen-bond acceptors (Lipinski definition) is 10. The van der Waals surface area contributed by atoms with Gasteiger partial charge in [-0.05, 0) is 24.3 Å². The molecule has 3 aromatic rings. The van der Waals surface area contributed by atoms with Crippen LogP contribution in [0.15, 0.2) is 51.7 Å². The standard InChI is InChI=1S/C21H20O10/c22-8-16-18(26)19(27)20(28)21(31-16)29-11-5-12(24)17-13(25)7-14(30-15(17)6-11)9-1-3-10(23)4-2-9/h1-7,16,18-24,26-28H,8H2/t16?,18?,19?,20?,21-/m0/s1. The van der Waals surface area contributed by atoms with Crippen molar-refractivity contribution in [2.24, 2.45) is 0 Å². The number of aromatic hydroxyl groups is 2. The molecule has 0 bridgehead atoms. The van der Waals surface area contributed by atoms with E-state index in [0.717, 1.165) is 6.07 Å². The van der Waals surface area contributed by atoms with Gasteiger partial charge in [-0.25, -0.2) is 0 Å². The van der Waals surface area contributed by atoms with Gasteiger partial charge in [-0.3, -0.25) is 4.79 Å². The first-order chi connectivity index (χ1) is 14.8. The summed E-state index contributed by atoms with van der Waals surface area (Å²) in [5, 5.41) is 58.8. The Balaban J connectivity index is 1.71. The number of aliphatic hydroxyl groups excluding tert-OH is 4. The van der Waals surface area contributed by atoms with Crippen LogP contribution in [0.1, 0.15) is 0 Å². The number of fused-ring (bicyclic) bond motifs is 1. The quantitative estimate of drug-likeness (QED) is 0.331. The second-order valence-electron chi connectivity index (χ2n) is 7.15. The monoisotopic (exact) mass is 432 g/mol. The molecule has 10 heteroatoms. The van der Waals surface area contributed by atoms with Gasteiger partial charge in [0.25, 0.3) is 0 Å². The lowest BCUT2D eigenvalue weighted by Gasteiger charge is -2.39. The SMILES string of the molecule is O=c1cc(-c2ccc(O)cc2)oc2cc(O[C@H]3OC(CO)C(O)C(O)C3O)cc(O)c12. The molecule has 0 spiro atoms. The van der Waals surface area contributed by atoms with E-state index >= 15 is 0 Å². The Morgan fingerprint density at radius 1 is 0.935 bits per heavy atom. The minimum Gasteiger partial charge on any atom is -0.508 e. The van der Waals surface area contributed by atoms with Crippen molar-refractivity contribution < 1.29 is 44.5 Å². The van der Waals surface area contributed by atoms with Crippen molar-refractivity contribution in [3.63, 3.8) is 0 Å². The summed E-state index contributed by atoms with van der Waals surface area (Å²) in [6.45, 7) is -0.626. The Labute approximate surface area is 174 Å². The largest absolute Gasteiger partial charge is 0.508 e. The number of phenols is 2. The summed E-state index contributed by atoms with van der Waals surface area (Å²) < 4.78 is 16.5. The Kier molecular flexibility index (Phi) is 5.56. The maximum atomic E-state index is 12.5. The maximum absolute atomic E-state index is 12.5. The minimum absolute atomic E-state index is 0.0184. The van der Waals surface area contributed by atoms with Crippen LogP contribution in [0.5, 0.6) is 17.2 Å². The maximum Gasteiger partial charge on any atom is 0.229 e. The van der Waals surface area contributed by atoms with Crippen molar-refractivity contribution in [1.29, 1.82) is 0 Å². The highest BCUT2D eigenvalue weighted by Crippen LogP contribution is 2.33. The molecule has 164 valence electrons. The number of ether oxygens (including phenoxy) is 2. The van der Waals surface area contributed by atoms with Crippen molar-refractivity contribution in [3.8, 4) is 28.6 Å². The Morgan fingerprint density at radius 3 is 2.32 bits per heavy atom. The fourth-order valence-corrected chi connectivity index (χ4v) is 3.38. The topological polar surface area (TPSA) is 170 Å². The number of aliphatic hydroxyl groups is 4. The zero-order valence-corrected chi connectivity index (χ0v) is 16.0. The van der Waals surface area contributed by atoms with E-state index in [4.69, 9.17) is 13.9 Å². The van der Waals surface area contributed by atoms with E-state index in [1.54, 1.807) is 12.1 Å². The van der Waals surface area contributed by atoms with Crippen LogP contribution < -0.4 is 10.2 Å². The lowest BCUT2D eigenvalue weighted by atomic mass is 9.99. The minimum atomic E-state index is -1.65. The van der Waals surface area contributed by atoms with Gasteiger partial charge in [0.05, 0.1) is 6.61 Å². The highest BCUT2D eigenvalue weighted by atomic mass is 16.7. The van der Waals surface area contributed by atoms with Crippen molar-refractivity contribution in [1.82, 2.24) is 0 Å². The zero-order chi connectivity index (χ0) is 22.3. The number of hydrogen-bond donors (Lipinski definition) is 6. The van der Waals surface area contributed by atoms with Gasteiger partial charge in [0.15, 0.2) is 5.43 Å². The summed E-state index contributed by atoms with van der Waals surface area (Å²) in [6, 6.07) is 9.56. The van der Waals surface area contributed by atoms with Gasteiger partial charge < -0.3 is 44.5 Å². The van der Waals surface area contributed by atoms with E-state index in [1.165, 1.54) is 24.3 Å². The molecule has 10 nitrogen and oxygen atoms in total. The Bertz CT molecular complexity index is 1140. The summed E-state index contributed by atoms with van der Waals surface area (Å²) in [4.78, 5) is 12.5. The third kappa shape index (κ3) is 3.94. The lowest BCUT2D eigenvalue weighted by molar-refractivity contribution is -0.277. The van der Waals surface area contributed by atoms with E-state index in [1.807, 2.05) is 0 Å². The van der Waals surface area contributed by atoms with Gasteiger partial charge in [0.2, 0.25) is 6.29 Å². The highest BCUT2D eigenvalue weighted by molar-refractivity contribution is 5.86. The molecule has 1 aliphatic rings. The molecule has 2 heterocycles. The molecule has 5 atom stereocenters. The fraction of sp³-hybridized carbons (Fsp3) is 0.286. The van der Waals surface area contributed by atoms with Crippen LogP contribution in [-0.4, -0.2) is 68.0 Å². The number of benzene rings is 2. The van der Waals surface area contributed by atoms with Crippen molar-refractivity contribution >= 4 is 11.0 Å². The summed E-state index contributed by atoms with van der Waals surface area (Å²) >= 11 is 0. The first-order valence-electron chi connectivity index (χ1n) is 9.36. The first kappa shape index (κ1) is 21.1. The zero-order valence-electron chi connectivity index (χ0n) is 16.0. The number of rotatable bonds is 4. The van der Waals surface area contributed by atoms with Crippen LogP contribution in [0.4, 0.5) is 0 Å². The molecule has 1 fully saturated rings. The van der Waals surface area contributed by atoms with Gasteiger partial charge in [0, 0.05) is 23.8 Å². The van der Waals surface area contributed by atoms with Crippen molar-refractivity contribution in [2.45, 2.75) is 30.7 Å². The van der Waals surface area contributed by atoms with Crippen LogP contribution in [0.25, 0.3) is 22.3 Å². The van der Waals surface area contributed by atoms with Gasteiger partial charge in [0.1, 0.15) is 58.4 Å². The lowest BCUT2D eigenvalue weighted by Crippen LogP contribution is -2.60. The summed E-state index contributed by atoms with van der Waals surface area (Å²) in [5.74, 6) is -0.273. The van der Waals surface area contributed by atoms with Gasteiger partial charge in [-0.1, -0.05) is 0 Å². The highest BCUT2D eigenvalue weighted by Gasteiger charge is 2.44. The second-order valence-corrected chi connectivity index (χ2v) is 7.15. The fourth-order valence-electron chi connectivity index (χ4n) is 3.38. The molecular weight excluding hydrogens is 412 g/mol. The third-order valence-corrected chi connectivity index (χ3v) is 5.04. The summed E-state index contributed by atoms with van der Waals surface area (Å²) in [5.41, 5.74) is -0.0204. The van der Waals surface area contributed by atoms with Gasteiger partial charge >= 0.3 is 0 Å². The van der Waals surface area contributed by atoms with Crippen molar-refractivity contribution in [2.75, 3.05) is 6.61 Å². The molecule has 0 saturated carbocycles. The van der Waals surface area contributed by atoms with Crippen LogP contribution in [-0.2, 0) is 4.74 Å². The van der Waals surface area contributed by atoms with E-state index in [0.29, 0.717) is 5.56 Å². The predicted molar refractivity (Wildman–Crippen MR) is 106 cm³/mol. The molecule has 6 N–H and O–H groups in total. The molecule has 4 unspecified atom stereocenters. The van der Waals surface area contributed by atoms with Crippen LogP contribution >= 0.6 is 0 Å². The molecule has 0 amide bonds. The smallest absolute Gasteiger partial charge is 0.229 e. The van der Waals surface area contributed by atoms with Crippen molar-refractivity contribution in [3.05, 3.63) is 52.7 Å². The third-order valence-electron chi connectivity index (χ3n) is 5.04. The summed E-state index contributed by atoms with van der Waals surface area (Å²) in [6.07, 6.45) is -7.47. The van der Waals surface area contributed by atoms with Gasteiger partial charge in [-0.2, -0.15) is 0 Å². The first-order valence-corrected chi connectivity index (χ1v) is 9.36. The van der Waals surface area contributed by atoms with E-state index in [9.17, 15) is 35.4 Å². The van der Waals surface area contributed by atoms with Crippen LogP contribution in [0, 0.1) is 0 Å². The molecule has 1 aliphatic heterocycles. The second kappa shape index (κ2) is 8.17.